The third-order valence-corrected chi connectivity index (χ3v) is 6.79. The molecule has 0 spiro atoms. The molecule has 3 atom stereocenters. The van der Waals surface area contributed by atoms with E-state index in [9.17, 15) is 18.4 Å². The van der Waals surface area contributed by atoms with Crippen molar-refractivity contribution in [3.05, 3.63) is 34.2 Å². The van der Waals surface area contributed by atoms with Crippen LogP contribution in [-0.4, -0.2) is 47.5 Å². The summed E-state index contributed by atoms with van der Waals surface area (Å²) in [5, 5.41) is 2.89. The highest BCUT2D eigenvalue weighted by molar-refractivity contribution is 5.72. The summed E-state index contributed by atoms with van der Waals surface area (Å²) in [6, 6.07) is 5.37. The lowest BCUT2D eigenvalue weighted by molar-refractivity contribution is -0.119. The molecular weight excluding hydrogens is 364 g/mol. The molecular formula is C21H29F2N3O2. The smallest absolute Gasteiger partial charge is 0.251 e. The Hall–Kier alpha value is -1.76. The van der Waals surface area contributed by atoms with Crippen molar-refractivity contribution in [2.75, 3.05) is 26.2 Å². The second-order valence-corrected chi connectivity index (χ2v) is 8.87. The van der Waals surface area contributed by atoms with Gasteiger partial charge in [0.25, 0.3) is 5.56 Å². The molecule has 1 amide bonds. The Bertz CT molecular complexity index is 784. The normalized spacial score (nSPS) is 29.9. The summed E-state index contributed by atoms with van der Waals surface area (Å²) in [6.07, 6.45) is 2.19. The molecule has 3 aliphatic rings. The van der Waals surface area contributed by atoms with E-state index in [-0.39, 0.29) is 42.2 Å². The number of fused-ring (bicyclic) bond motifs is 4. The van der Waals surface area contributed by atoms with E-state index in [1.807, 2.05) is 16.7 Å². The Labute approximate surface area is 164 Å². The quantitative estimate of drug-likeness (QED) is 0.856. The zero-order valence-corrected chi connectivity index (χ0v) is 16.4. The standard InChI is InChI=1S/C21H29F2N3O2/c1-14(27)24-10-19-17-9-16(18-3-2-4-20(28)26(18)19)12-25(13-17)11-15-5-7-21(22,23)8-6-15/h2-4,15-17,19H,5-13H2,1H3,(H,24,27)/t16-,17+,19+/m1/s1. The van der Waals surface area contributed by atoms with E-state index < -0.39 is 5.92 Å². The molecule has 28 heavy (non-hydrogen) atoms. The van der Waals surface area contributed by atoms with E-state index >= 15 is 0 Å². The van der Waals surface area contributed by atoms with Gasteiger partial charge in [-0.25, -0.2) is 8.78 Å². The predicted octanol–water partition coefficient (Wildman–Crippen LogP) is 2.77. The number of carbonyl (C=O) groups excluding carboxylic acids is 1. The highest BCUT2D eigenvalue weighted by atomic mass is 19.3. The topological polar surface area (TPSA) is 54.3 Å². The number of hydrogen-bond donors (Lipinski definition) is 1. The number of pyridine rings is 1. The average Bonchev–Trinajstić information content (AvgIpc) is 2.64. The SMILES string of the molecule is CC(=O)NC[C@H]1[C@H]2C[C@H](CN(CC3CCC(F)(F)CC3)C2)c2cccc(=O)n21. The molecule has 1 saturated carbocycles. The number of likely N-dealkylation sites (tertiary alicyclic amines) is 1. The molecule has 7 heteroatoms. The molecule has 1 saturated heterocycles. The number of nitrogens with one attached hydrogen (secondary N) is 1. The van der Waals surface area contributed by atoms with Crippen LogP contribution in [0, 0.1) is 11.8 Å². The number of alkyl halides is 2. The van der Waals surface area contributed by atoms with Crippen molar-refractivity contribution in [3.63, 3.8) is 0 Å². The summed E-state index contributed by atoms with van der Waals surface area (Å²) >= 11 is 0. The molecule has 2 aliphatic heterocycles. The number of amides is 1. The fraction of sp³-hybridized carbons (Fsp3) is 0.714. The lowest BCUT2D eigenvalue weighted by Gasteiger charge is -2.48. The lowest BCUT2D eigenvalue weighted by Crippen LogP contribution is -2.52. The van der Waals surface area contributed by atoms with Crippen LogP contribution < -0.4 is 10.9 Å². The number of aromatic nitrogens is 1. The van der Waals surface area contributed by atoms with Crippen LogP contribution in [-0.2, 0) is 4.79 Å². The maximum Gasteiger partial charge on any atom is 0.251 e. The van der Waals surface area contributed by atoms with Crippen molar-refractivity contribution in [1.29, 1.82) is 0 Å². The summed E-state index contributed by atoms with van der Waals surface area (Å²) in [5.41, 5.74) is 1.03. The van der Waals surface area contributed by atoms with Crippen LogP contribution in [0.3, 0.4) is 0 Å². The Morgan fingerprint density at radius 3 is 2.71 bits per heavy atom. The molecule has 0 unspecified atom stereocenters. The molecule has 1 N–H and O–H groups in total. The monoisotopic (exact) mass is 393 g/mol. The van der Waals surface area contributed by atoms with E-state index in [1.165, 1.54) is 6.92 Å². The van der Waals surface area contributed by atoms with Crippen LogP contribution in [0.5, 0.6) is 0 Å². The van der Waals surface area contributed by atoms with Crippen LogP contribution >= 0.6 is 0 Å². The summed E-state index contributed by atoms with van der Waals surface area (Å²) in [6.45, 7) is 4.53. The molecule has 3 heterocycles. The van der Waals surface area contributed by atoms with Gasteiger partial charge >= 0.3 is 0 Å². The van der Waals surface area contributed by atoms with Gasteiger partial charge in [-0.05, 0) is 37.2 Å². The average molecular weight is 393 g/mol. The van der Waals surface area contributed by atoms with Gasteiger partial charge in [0.15, 0.2) is 0 Å². The lowest BCUT2D eigenvalue weighted by atomic mass is 9.77. The number of hydrogen-bond acceptors (Lipinski definition) is 3. The highest BCUT2D eigenvalue weighted by Gasteiger charge is 2.42. The Kier molecular flexibility index (Phi) is 5.29. The first-order valence-electron chi connectivity index (χ1n) is 10.4. The van der Waals surface area contributed by atoms with Gasteiger partial charge in [0.1, 0.15) is 0 Å². The summed E-state index contributed by atoms with van der Waals surface area (Å²) in [7, 11) is 0. The first-order chi connectivity index (χ1) is 13.3. The number of nitrogens with zero attached hydrogens (tertiary/aromatic N) is 2. The zero-order valence-electron chi connectivity index (χ0n) is 16.4. The number of rotatable bonds is 4. The number of halogens is 2. The Morgan fingerprint density at radius 1 is 1.25 bits per heavy atom. The third kappa shape index (κ3) is 4.00. The molecule has 4 rings (SSSR count). The Balaban J connectivity index is 1.52. The van der Waals surface area contributed by atoms with Crippen molar-refractivity contribution in [3.8, 4) is 0 Å². The maximum atomic E-state index is 13.5. The molecule has 5 nitrogen and oxygen atoms in total. The van der Waals surface area contributed by atoms with E-state index in [1.54, 1.807) is 6.07 Å². The van der Waals surface area contributed by atoms with Crippen LogP contribution in [0.25, 0.3) is 0 Å². The number of piperidine rings is 1. The molecule has 1 aliphatic carbocycles. The first kappa shape index (κ1) is 19.6. The minimum atomic E-state index is -2.49. The van der Waals surface area contributed by atoms with Crippen molar-refractivity contribution in [1.82, 2.24) is 14.8 Å². The highest BCUT2D eigenvalue weighted by Crippen LogP contribution is 2.42. The predicted molar refractivity (Wildman–Crippen MR) is 103 cm³/mol. The minimum absolute atomic E-state index is 0.00173. The minimum Gasteiger partial charge on any atom is -0.354 e. The van der Waals surface area contributed by atoms with Crippen LogP contribution in [0.4, 0.5) is 8.78 Å². The molecule has 2 bridgehead atoms. The van der Waals surface area contributed by atoms with Crippen LogP contribution in [0.15, 0.2) is 23.0 Å². The van der Waals surface area contributed by atoms with Gasteiger partial charge in [-0.3, -0.25) is 9.59 Å². The number of carbonyl (C=O) groups is 1. The molecule has 1 aromatic heterocycles. The van der Waals surface area contributed by atoms with Gasteiger partial charge in [-0.15, -0.1) is 0 Å². The molecule has 1 aromatic rings. The summed E-state index contributed by atoms with van der Waals surface area (Å²) in [4.78, 5) is 26.5. The maximum absolute atomic E-state index is 13.5. The van der Waals surface area contributed by atoms with Crippen LogP contribution in [0.2, 0.25) is 0 Å². The fourth-order valence-electron chi connectivity index (χ4n) is 5.44. The van der Waals surface area contributed by atoms with E-state index in [4.69, 9.17) is 0 Å². The van der Waals surface area contributed by atoms with Crippen molar-refractivity contribution in [2.45, 2.75) is 56.9 Å². The van der Waals surface area contributed by atoms with E-state index in [0.717, 1.165) is 31.7 Å². The summed E-state index contributed by atoms with van der Waals surface area (Å²) < 4.78 is 28.8. The largest absolute Gasteiger partial charge is 0.354 e. The van der Waals surface area contributed by atoms with Gasteiger partial charge in [0.2, 0.25) is 11.8 Å². The van der Waals surface area contributed by atoms with E-state index in [2.05, 4.69) is 10.2 Å². The summed E-state index contributed by atoms with van der Waals surface area (Å²) in [5.74, 6) is -1.69. The third-order valence-electron chi connectivity index (χ3n) is 6.79. The molecule has 0 aromatic carbocycles. The molecule has 0 radical (unpaired) electrons. The zero-order chi connectivity index (χ0) is 19.9. The Morgan fingerprint density at radius 2 is 2.00 bits per heavy atom. The first-order valence-corrected chi connectivity index (χ1v) is 10.4. The van der Waals surface area contributed by atoms with Gasteiger partial charge in [0.05, 0.1) is 6.04 Å². The van der Waals surface area contributed by atoms with Gasteiger partial charge in [-0.2, -0.15) is 0 Å². The van der Waals surface area contributed by atoms with Gasteiger partial charge in [0, 0.05) is 63.6 Å². The molecule has 154 valence electrons. The van der Waals surface area contributed by atoms with E-state index in [0.29, 0.717) is 25.3 Å². The van der Waals surface area contributed by atoms with Crippen molar-refractivity contribution in [2.24, 2.45) is 11.8 Å². The van der Waals surface area contributed by atoms with Crippen LogP contribution in [0.1, 0.15) is 56.7 Å². The second-order valence-electron chi connectivity index (χ2n) is 8.87. The van der Waals surface area contributed by atoms with Crippen molar-refractivity contribution < 1.29 is 13.6 Å². The van der Waals surface area contributed by atoms with Crippen molar-refractivity contribution >= 4 is 5.91 Å². The second kappa shape index (κ2) is 7.58. The van der Waals surface area contributed by atoms with Gasteiger partial charge in [-0.1, -0.05) is 6.07 Å². The molecule has 2 fully saturated rings. The fourth-order valence-corrected chi connectivity index (χ4v) is 5.44. The van der Waals surface area contributed by atoms with Gasteiger partial charge < -0.3 is 14.8 Å².